The minimum Gasteiger partial charge on any atom is -0.450 e. The third-order valence-electron chi connectivity index (χ3n) is 11.1. The fourth-order valence-corrected chi connectivity index (χ4v) is 9.58. The summed E-state index contributed by atoms with van der Waals surface area (Å²) in [6.45, 7) is 23.8. The summed E-state index contributed by atoms with van der Waals surface area (Å²) in [5.41, 5.74) is -2.13. The molecule has 0 bridgehead atoms. The molecule has 2 aliphatic heterocycles. The van der Waals surface area contributed by atoms with Gasteiger partial charge in [0.15, 0.2) is 0 Å². The predicted molar refractivity (Wildman–Crippen MR) is 200 cm³/mol. The molecule has 7 nitrogen and oxygen atoms in total. The van der Waals surface area contributed by atoms with Crippen LogP contribution in [-0.4, -0.2) is 62.4 Å². The Morgan fingerprint density at radius 2 is 0.854 bits per heavy atom. The van der Waals surface area contributed by atoms with Gasteiger partial charge in [0.1, 0.15) is 5.60 Å². The van der Waals surface area contributed by atoms with Crippen molar-refractivity contribution >= 4 is 6.16 Å². The molecule has 48 heavy (non-hydrogen) atoms. The average Bonchev–Trinajstić information content (AvgIpc) is 2.95. The molecule has 0 unspecified atom stereocenters. The van der Waals surface area contributed by atoms with Gasteiger partial charge in [0, 0.05) is 40.9 Å². The molecule has 284 valence electrons. The highest BCUT2D eigenvalue weighted by molar-refractivity contribution is 5.58. The zero-order valence-electron chi connectivity index (χ0n) is 33.5. The fraction of sp³-hybridized carbons (Fsp3) is 0.976. The van der Waals surface area contributed by atoms with Crippen LogP contribution in [0.1, 0.15) is 210 Å². The van der Waals surface area contributed by atoms with Gasteiger partial charge in [0.05, 0.1) is 13.2 Å². The van der Waals surface area contributed by atoms with Crippen LogP contribution in [0.2, 0.25) is 0 Å². The van der Waals surface area contributed by atoms with Crippen molar-refractivity contribution in [3.05, 3.63) is 0 Å². The first-order valence-electron chi connectivity index (χ1n) is 20.3. The van der Waals surface area contributed by atoms with E-state index in [1.807, 2.05) is 0 Å². The smallest absolute Gasteiger partial charge is 0.450 e. The number of carbonyl (C=O) groups is 1. The highest BCUT2D eigenvalue weighted by atomic mass is 16.7. The second-order valence-corrected chi connectivity index (χ2v) is 18.1. The molecule has 0 saturated carbocycles. The summed E-state index contributed by atoms with van der Waals surface area (Å²) in [5.74, 6) is 0.0594. The first-order valence-corrected chi connectivity index (χ1v) is 20.3. The second-order valence-electron chi connectivity index (χ2n) is 18.1. The van der Waals surface area contributed by atoms with E-state index >= 15 is 0 Å². The van der Waals surface area contributed by atoms with Crippen LogP contribution in [0.4, 0.5) is 4.79 Å². The SMILES string of the molecule is CCCCCCCCCCCON1C(C)(C)CC(C2(OC(=O)O)CC(C)(C)N(OCCCCCCCCCCC)C(C)(C)C2)CC1(C)C. The normalized spacial score (nSPS) is 22.1. The Balaban J connectivity index is 2.00. The summed E-state index contributed by atoms with van der Waals surface area (Å²) in [5, 5.41) is 14.5. The van der Waals surface area contributed by atoms with E-state index in [-0.39, 0.29) is 17.0 Å². The van der Waals surface area contributed by atoms with E-state index < -0.39 is 22.8 Å². The Hall–Kier alpha value is -0.890. The maximum Gasteiger partial charge on any atom is 0.506 e. The van der Waals surface area contributed by atoms with Gasteiger partial charge < -0.3 is 9.84 Å². The summed E-state index contributed by atoms with van der Waals surface area (Å²) < 4.78 is 6.11. The summed E-state index contributed by atoms with van der Waals surface area (Å²) in [6.07, 6.45) is 24.9. The summed E-state index contributed by atoms with van der Waals surface area (Å²) in [7, 11) is 0. The van der Waals surface area contributed by atoms with E-state index in [1.165, 1.54) is 103 Å². The molecule has 0 amide bonds. The lowest BCUT2D eigenvalue weighted by Crippen LogP contribution is -2.70. The average molecular weight is 681 g/mol. The van der Waals surface area contributed by atoms with Crippen LogP contribution in [0.3, 0.4) is 0 Å². The van der Waals surface area contributed by atoms with Gasteiger partial charge in [-0.2, -0.15) is 10.1 Å². The molecule has 7 heteroatoms. The molecule has 2 rings (SSSR count). The van der Waals surface area contributed by atoms with Crippen LogP contribution in [0.25, 0.3) is 0 Å². The number of unbranched alkanes of at least 4 members (excludes halogenated alkanes) is 16. The lowest BCUT2D eigenvalue weighted by Gasteiger charge is -2.62. The van der Waals surface area contributed by atoms with Crippen molar-refractivity contribution in [1.29, 1.82) is 0 Å². The third-order valence-corrected chi connectivity index (χ3v) is 11.1. The molecule has 2 saturated heterocycles. The topological polar surface area (TPSA) is 71.5 Å². The van der Waals surface area contributed by atoms with Crippen molar-refractivity contribution < 1.29 is 24.3 Å². The number of nitrogens with zero attached hydrogens (tertiary/aromatic N) is 2. The summed E-state index contributed by atoms with van der Waals surface area (Å²) >= 11 is 0. The molecular weight excluding hydrogens is 600 g/mol. The lowest BCUT2D eigenvalue weighted by molar-refractivity contribution is -0.328. The van der Waals surface area contributed by atoms with Crippen molar-refractivity contribution in [2.45, 2.75) is 238 Å². The second kappa shape index (κ2) is 20.2. The Kier molecular flexibility index (Phi) is 18.2. The van der Waals surface area contributed by atoms with E-state index in [9.17, 15) is 9.90 Å². The monoisotopic (exact) mass is 681 g/mol. The largest absolute Gasteiger partial charge is 0.506 e. The number of hydrogen-bond acceptors (Lipinski definition) is 6. The van der Waals surface area contributed by atoms with E-state index in [4.69, 9.17) is 14.4 Å². The van der Waals surface area contributed by atoms with Crippen LogP contribution in [0, 0.1) is 5.92 Å². The highest BCUT2D eigenvalue weighted by Crippen LogP contribution is 2.55. The molecule has 2 aliphatic rings. The Morgan fingerprint density at radius 3 is 1.19 bits per heavy atom. The fourth-order valence-electron chi connectivity index (χ4n) is 9.58. The Bertz CT molecular complexity index is 865. The number of carboxylic acid groups (broad SMARTS) is 1. The van der Waals surface area contributed by atoms with E-state index in [0.717, 1.165) is 32.3 Å². The van der Waals surface area contributed by atoms with Crippen molar-refractivity contribution in [2.75, 3.05) is 13.2 Å². The number of piperidine rings is 2. The number of hydroxylamine groups is 4. The molecule has 0 aromatic carbocycles. The third kappa shape index (κ3) is 13.7. The van der Waals surface area contributed by atoms with Crippen LogP contribution >= 0.6 is 0 Å². The lowest BCUT2D eigenvalue weighted by atomic mass is 9.60. The molecule has 2 fully saturated rings. The molecule has 0 aromatic heterocycles. The van der Waals surface area contributed by atoms with Gasteiger partial charge in [0.25, 0.3) is 0 Å². The van der Waals surface area contributed by atoms with E-state index in [2.05, 4.69) is 79.4 Å². The van der Waals surface area contributed by atoms with Gasteiger partial charge in [-0.25, -0.2) is 4.79 Å². The summed E-state index contributed by atoms with van der Waals surface area (Å²) in [6, 6.07) is 0. The van der Waals surface area contributed by atoms with Gasteiger partial charge >= 0.3 is 6.16 Å². The summed E-state index contributed by atoms with van der Waals surface area (Å²) in [4.78, 5) is 25.5. The maximum atomic E-state index is 12.4. The first kappa shape index (κ1) is 43.3. The molecule has 0 spiro atoms. The number of hydrogen-bond donors (Lipinski definition) is 1. The Morgan fingerprint density at radius 1 is 0.542 bits per heavy atom. The highest BCUT2D eigenvalue weighted by Gasteiger charge is 2.62. The molecule has 0 aliphatic carbocycles. The molecule has 0 aromatic rings. The molecule has 0 atom stereocenters. The Labute approximate surface area is 297 Å². The van der Waals surface area contributed by atoms with Crippen LogP contribution in [0.15, 0.2) is 0 Å². The van der Waals surface area contributed by atoms with Gasteiger partial charge in [-0.1, -0.05) is 117 Å². The van der Waals surface area contributed by atoms with Crippen LogP contribution < -0.4 is 0 Å². The minimum absolute atomic E-state index is 0.0594. The van der Waals surface area contributed by atoms with Crippen LogP contribution in [-0.2, 0) is 14.4 Å². The van der Waals surface area contributed by atoms with Gasteiger partial charge in [-0.05, 0) is 81.1 Å². The van der Waals surface area contributed by atoms with E-state index in [1.54, 1.807) is 0 Å². The maximum absolute atomic E-state index is 12.4. The number of ether oxygens (including phenoxy) is 1. The van der Waals surface area contributed by atoms with Gasteiger partial charge in [-0.3, -0.25) is 9.68 Å². The minimum atomic E-state index is -1.18. The molecule has 0 radical (unpaired) electrons. The van der Waals surface area contributed by atoms with Gasteiger partial charge in [0.2, 0.25) is 0 Å². The zero-order chi connectivity index (χ0) is 35.9. The quantitative estimate of drug-likeness (QED) is 0.0803. The predicted octanol–water partition coefficient (Wildman–Crippen LogP) is 12.3. The molecular formula is C41H80N2O5. The van der Waals surface area contributed by atoms with Crippen molar-refractivity contribution in [3.8, 4) is 0 Å². The molecule has 1 N–H and O–H groups in total. The number of rotatable bonds is 24. The van der Waals surface area contributed by atoms with Crippen molar-refractivity contribution in [2.24, 2.45) is 5.92 Å². The van der Waals surface area contributed by atoms with Crippen molar-refractivity contribution in [3.63, 3.8) is 0 Å². The zero-order valence-corrected chi connectivity index (χ0v) is 33.5. The van der Waals surface area contributed by atoms with Crippen LogP contribution in [0.5, 0.6) is 0 Å². The standard InChI is InChI=1S/C41H80N2O5/c1-11-13-15-17-19-21-23-25-27-29-46-42-37(3,4)31-35(32-38(42,5)6)41(48-36(44)45)33-39(7,8)43(40(9,10)34-41)47-30-28-26-24-22-20-18-16-14-12-2/h35H,11-34H2,1-10H3,(H,44,45). The first-order chi connectivity index (χ1) is 22.5. The van der Waals surface area contributed by atoms with E-state index in [0.29, 0.717) is 19.4 Å². The molecule has 2 heterocycles. The van der Waals surface area contributed by atoms with Gasteiger partial charge in [-0.15, -0.1) is 0 Å². The van der Waals surface area contributed by atoms with Crippen molar-refractivity contribution in [1.82, 2.24) is 10.1 Å².